The van der Waals surface area contributed by atoms with E-state index in [1.807, 2.05) is 0 Å². The van der Waals surface area contributed by atoms with Crippen molar-refractivity contribution in [2.75, 3.05) is 31.6 Å². The highest BCUT2D eigenvalue weighted by molar-refractivity contribution is 7.71. The number of fused-ring (bicyclic) bond motifs is 1. The van der Waals surface area contributed by atoms with Crippen molar-refractivity contribution < 1.29 is 24.9 Å². The van der Waals surface area contributed by atoms with Gasteiger partial charge in [0.2, 0.25) is 11.9 Å². The van der Waals surface area contributed by atoms with E-state index in [1.54, 1.807) is 4.57 Å². The molecular weight excluding hydrogens is 390 g/mol. The highest BCUT2D eigenvalue weighted by atomic mass is 32.1. The molecule has 3 heterocycles. The van der Waals surface area contributed by atoms with Crippen LogP contribution in [0.4, 0.5) is 5.95 Å². The Morgan fingerprint density at radius 2 is 2.29 bits per heavy atom. The molecule has 0 aliphatic carbocycles. The molecule has 4 atom stereocenters. The number of H-pyrrole nitrogens is 1. The summed E-state index contributed by atoms with van der Waals surface area (Å²) in [6.07, 6.45) is -0.150. The molecule has 2 aromatic rings. The van der Waals surface area contributed by atoms with Crippen LogP contribution in [0.5, 0.6) is 0 Å². The average molecular weight is 413 g/mol. The Kier molecular flexibility index (Phi) is 6.53. The average Bonchev–Trinajstić information content (AvgIpc) is 3.27. The van der Waals surface area contributed by atoms with Gasteiger partial charge in [-0.1, -0.05) is 12.2 Å². The monoisotopic (exact) mass is 413 g/mol. The predicted octanol–water partition coefficient (Wildman–Crippen LogP) is -2.02. The van der Waals surface area contributed by atoms with Gasteiger partial charge in [0.15, 0.2) is 10.9 Å². The number of imidazole rings is 1. The molecule has 0 radical (unpaired) electrons. The number of nitrogens with two attached hydrogens (primary N) is 1. The standard InChI is InChI=1S/C15H23N7O5S/c16-8(5-24)12(26)17-1-2-18-15-20-11-10(13(28)21-15)19-6-22(11)14-9(25)3-7(4-23)27-14/h6-9,14,23-25H,1-5,16H2,(H,17,26)(H2,18,20,21,28)/t7-,8?,9?,14+/m0/s1. The molecule has 2 aromatic heterocycles. The van der Waals surface area contributed by atoms with Gasteiger partial charge in [-0.15, -0.1) is 0 Å². The van der Waals surface area contributed by atoms with Gasteiger partial charge in [0, 0.05) is 19.5 Å². The maximum Gasteiger partial charge on any atom is 0.239 e. The summed E-state index contributed by atoms with van der Waals surface area (Å²) in [5.41, 5.74) is 6.38. The number of aliphatic hydroxyl groups is 3. The van der Waals surface area contributed by atoms with Crippen LogP contribution < -0.4 is 16.4 Å². The van der Waals surface area contributed by atoms with Crippen molar-refractivity contribution in [1.29, 1.82) is 0 Å². The van der Waals surface area contributed by atoms with Crippen LogP contribution in [0.2, 0.25) is 0 Å². The van der Waals surface area contributed by atoms with Crippen molar-refractivity contribution in [3.8, 4) is 0 Å². The summed E-state index contributed by atoms with van der Waals surface area (Å²) in [6, 6.07) is -0.963. The lowest BCUT2D eigenvalue weighted by Gasteiger charge is -2.17. The van der Waals surface area contributed by atoms with Crippen LogP contribution in [0.25, 0.3) is 11.2 Å². The first-order valence-corrected chi connectivity index (χ1v) is 9.14. The number of nitrogens with one attached hydrogen (secondary N) is 3. The molecule has 0 aromatic carbocycles. The molecule has 0 bridgehead atoms. The number of ether oxygens (including phenoxy) is 1. The summed E-state index contributed by atoms with van der Waals surface area (Å²) in [7, 11) is 0. The fraction of sp³-hybridized carbons (Fsp3) is 0.600. The Hall–Kier alpha value is -2.16. The first kappa shape index (κ1) is 20.6. The SMILES string of the molecule is NC(CO)C(=O)NCCNc1nc(=S)c2ncn([C@@H]3O[C@H](CO)CC3O)c2[nH]1. The molecule has 1 fully saturated rings. The number of amides is 1. The Morgan fingerprint density at radius 1 is 1.50 bits per heavy atom. The Morgan fingerprint density at radius 3 is 2.96 bits per heavy atom. The third-order valence-electron chi connectivity index (χ3n) is 4.34. The molecule has 28 heavy (non-hydrogen) atoms. The van der Waals surface area contributed by atoms with Crippen molar-refractivity contribution in [3.05, 3.63) is 11.0 Å². The molecule has 0 saturated carbocycles. The lowest BCUT2D eigenvalue weighted by Crippen LogP contribution is -2.44. The number of hydrogen-bond acceptors (Lipinski definition) is 10. The van der Waals surface area contributed by atoms with E-state index in [-0.39, 0.29) is 17.8 Å². The van der Waals surface area contributed by atoms with Crippen LogP contribution in [0, 0.1) is 4.64 Å². The van der Waals surface area contributed by atoms with Crippen LogP contribution in [-0.2, 0) is 9.53 Å². The fourth-order valence-corrected chi connectivity index (χ4v) is 3.13. The lowest BCUT2D eigenvalue weighted by molar-refractivity contribution is -0.123. The van der Waals surface area contributed by atoms with Gasteiger partial charge in [-0.2, -0.15) is 0 Å². The lowest BCUT2D eigenvalue weighted by atomic mass is 10.2. The summed E-state index contributed by atoms with van der Waals surface area (Å²) in [5.74, 6) is -0.101. The van der Waals surface area contributed by atoms with Crippen LogP contribution in [-0.4, -0.2) is 85.3 Å². The number of carbonyl (C=O) groups excluding carboxylic acids is 1. The first-order valence-electron chi connectivity index (χ1n) is 8.73. The predicted molar refractivity (Wildman–Crippen MR) is 101 cm³/mol. The van der Waals surface area contributed by atoms with Crippen molar-refractivity contribution in [2.45, 2.75) is 30.9 Å². The second kappa shape index (κ2) is 8.89. The number of aromatic nitrogens is 4. The van der Waals surface area contributed by atoms with Crippen molar-refractivity contribution >= 4 is 35.2 Å². The molecule has 1 aliphatic heterocycles. The van der Waals surface area contributed by atoms with E-state index >= 15 is 0 Å². The second-order valence-corrected chi connectivity index (χ2v) is 6.77. The minimum atomic E-state index is -0.963. The van der Waals surface area contributed by atoms with Crippen molar-refractivity contribution in [2.24, 2.45) is 5.73 Å². The summed E-state index contributed by atoms with van der Waals surface area (Å²) >= 11 is 5.27. The smallest absolute Gasteiger partial charge is 0.239 e. The number of carbonyl (C=O) groups is 1. The maximum atomic E-state index is 11.5. The van der Waals surface area contributed by atoms with Gasteiger partial charge in [0.1, 0.15) is 23.3 Å². The Labute approximate surface area is 164 Å². The minimum Gasteiger partial charge on any atom is -0.394 e. The van der Waals surface area contributed by atoms with Crippen LogP contribution >= 0.6 is 12.2 Å². The second-order valence-electron chi connectivity index (χ2n) is 6.38. The van der Waals surface area contributed by atoms with E-state index in [4.69, 9.17) is 27.8 Å². The van der Waals surface area contributed by atoms with E-state index in [2.05, 4.69) is 25.6 Å². The Bertz CT molecular complexity index is 887. The highest BCUT2D eigenvalue weighted by Crippen LogP contribution is 2.31. The summed E-state index contributed by atoms with van der Waals surface area (Å²) < 4.78 is 7.53. The van der Waals surface area contributed by atoms with Gasteiger partial charge in [-0.3, -0.25) is 9.36 Å². The normalized spacial score (nSPS) is 23.1. The van der Waals surface area contributed by atoms with E-state index in [9.17, 15) is 15.0 Å². The van der Waals surface area contributed by atoms with Crippen molar-refractivity contribution in [1.82, 2.24) is 24.8 Å². The summed E-state index contributed by atoms with van der Waals surface area (Å²) in [4.78, 5) is 23.0. The molecule has 1 aliphatic rings. The third kappa shape index (κ3) is 4.29. The summed E-state index contributed by atoms with van der Waals surface area (Å²) in [5, 5.41) is 33.9. The number of aromatic amines is 1. The number of hydrogen-bond donors (Lipinski definition) is 7. The van der Waals surface area contributed by atoms with Gasteiger partial charge in [0.25, 0.3) is 0 Å². The van der Waals surface area contributed by atoms with Crippen LogP contribution in [0.3, 0.4) is 0 Å². The zero-order chi connectivity index (χ0) is 20.3. The molecule has 0 spiro atoms. The minimum absolute atomic E-state index is 0.184. The first-order chi connectivity index (χ1) is 13.4. The van der Waals surface area contributed by atoms with Gasteiger partial charge >= 0.3 is 0 Å². The molecule has 8 N–H and O–H groups in total. The molecule has 1 amide bonds. The Balaban J connectivity index is 1.71. The maximum absolute atomic E-state index is 11.5. The quantitative estimate of drug-likeness (QED) is 0.188. The van der Waals surface area contributed by atoms with Gasteiger partial charge in [0.05, 0.1) is 25.6 Å². The number of aliphatic hydroxyl groups excluding tert-OH is 3. The molecular formula is C15H23N7O5S. The van der Waals surface area contributed by atoms with Gasteiger partial charge in [-0.05, 0) is 0 Å². The molecule has 3 rings (SSSR count). The number of anilines is 1. The zero-order valence-corrected chi connectivity index (χ0v) is 15.7. The van der Waals surface area contributed by atoms with E-state index in [0.717, 1.165) is 0 Å². The van der Waals surface area contributed by atoms with E-state index < -0.39 is 37.0 Å². The largest absolute Gasteiger partial charge is 0.394 e. The third-order valence-corrected chi connectivity index (χ3v) is 4.62. The molecule has 154 valence electrons. The molecule has 1 saturated heterocycles. The van der Waals surface area contributed by atoms with Crippen molar-refractivity contribution in [3.63, 3.8) is 0 Å². The molecule has 13 heteroatoms. The van der Waals surface area contributed by atoms with Crippen LogP contribution in [0.15, 0.2) is 6.33 Å². The molecule has 2 unspecified atom stereocenters. The highest BCUT2D eigenvalue weighted by Gasteiger charge is 2.35. The van der Waals surface area contributed by atoms with E-state index in [1.165, 1.54) is 6.33 Å². The van der Waals surface area contributed by atoms with Crippen LogP contribution in [0.1, 0.15) is 12.6 Å². The number of nitrogens with zero attached hydrogens (tertiary/aromatic N) is 3. The molecule has 12 nitrogen and oxygen atoms in total. The fourth-order valence-electron chi connectivity index (χ4n) is 2.89. The van der Waals surface area contributed by atoms with Gasteiger partial charge < -0.3 is 41.4 Å². The van der Waals surface area contributed by atoms with Gasteiger partial charge in [-0.25, -0.2) is 9.97 Å². The van der Waals surface area contributed by atoms with E-state index in [0.29, 0.717) is 30.1 Å². The summed E-state index contributed by atoms with van der Waals surface area (Å²) in [6.45, 7) is -0.0251. The number of rotatable bonds is 8. The topological polar surface area (TPSA) is 184 Å². The zero-order valence-electron chi connectivity index (χ0n) is 14.9.